The average Bonchev–Trinajstić information content (AvgIpc) is 2.46. The van der Waals surface area contributed by atoms with Crippen molar-refractivity contribution in [3.8, 4) is 0 Å². The Balaban J connectivity index is 1.91. The minimum absolute atomic E-state index is 0.0998. The molecule has 0 radical (unpaired) electrons. The molecule has 2 aromatic carbocycles. The highest BCUT2D eigenvalue weighted by molar-refractivity contribution is 6.21. The number of hydrogen-bond acceptors (Lipinski definition) is 1. The molecular formula is C15H14ClNO. The largest absolute Gasteiger partial charge is 0.350 e. The minimum atomic E-state index is -0.209. The van der Waals surface area contributed by atoms with E-state index in [1.165, 1.54) is 0 Å². The van der Waals surface area contributed by atoms with E-state index in [4.69, 9.17) is 11.6 Å². The van der Waals surface area contributed by atoms with Crippen LogP contribution in [0.5, 0.6) is 0 Å². The van der Waals surface area contributed by atoms with Crippen molar-refractivity contribution in [2.24, 2.45) is 0 Å². The van der Waals surface area contributed by atoms with Gasteiger partial charge in [-0.15, -0.1) is 11.6 Å². The molecule has 0 saturated carbocycles. The predicted octanol–water partition coefficient (Wildman–Crippen LogP) is 3.40. The van der Waals surface area contributed by atoms with Crippen LogP contribution in [-0.2, 0) is 0 Å². The van der Waals surface area contributed by atoms with Crippen LogP contribution in [-0.4, -0.2) is 12.5 Å². The zero-order valence-corrected chi connectivity index (χ0v) is 10.6. The molecule has 18 heavy (non-hydrogen) atoms. The Morgan fingerprint density at radius 2 is 1.56 bits per heavy atom. The molecule has 2 rings (SSSR count). The summed E-state index contributed by atoms with van der Waals surface area (Å²) in [7, 11) is 0. The van der Waals surface area contributed by atoms with E-state index in [-0.39, 0.29) is 11.3 Å². The highest BCUT2D eigenvalue weighted by Crippen LogP contribution is 2.18. The van der Waals surface area contributed by atoms with Crippen LogP contribution in [0, 0.1) is 0 Å². The second kappa shape index (κ2) is 6.22. The molecule has 0 saturated heterocycles. The van der Waals surface area contributed by atoms with Crippen LogP contribution in [0.1, 0.15) is 21.3 Å². The number of benzene rings is 2. The summed E-state index contributed by atoms with van der Waals surface area (Å²) in [5.41, 5.74) is 1.65. The molecule has 0 aliphatic heterocycles. The number of carbonyl (C=O) groups is 1. The molecular weight excluding hydrogens is 246 g/mol. The van der Waals surface area contributed by atoms with Crippen LogP contribution in [0.25, 0.3) is 0 Å². The molecule has 92 valence electrons. The van der Waals surface area contributed by atoms with Crippen molar-refractivity contribution in [2.75, 3.05) is 6.54 Å². The second-order valence-corrected chi connectivity index (χ2v) is 4.48. The predicted molar refractivity (Wildman–Crippen MR) is 73.8 cm³/mol. The van der Waals surface area contributed by atoms with Crippen molar-refractivity contribution < 1.29 is 4.79 Å². The van der Waals surface area contributed by atoms with E-state index in [2.05, 4.69) is 5.32 Å². The zero-order valence-electron chi connectivity index (χ0n) is 9.84. The first-order chi connectivity index (χ1) is 8.77. The summed E-state index contributed by atoms with van der Waals surface area (Å²) in [5.74, 6) is -0.0998. The highest BCUT2D eigenvalue weighted by atomic mass is 35.5. The molecule has 1 N–H and O–H groups in total. The summed E-state index contributed by atoms with van der Waals surface area (Å²) in [6.07, 6.45) is 0. The Hall–Kier alpha value is -1.80. The standard InChI is InChI=1S/C15H14ClNO/c16-14(12-7-3-1-4-8-12)11-17-15(18)13-9-5-2-6-10-13/h1-10,14H,11H2,(H,17,18)/t14-/m1/s1. The lowest BCUT2D eigenvalue weighted by molar-refractivity contribution is 0.0953. The Labute approximate surface area is 112 Å². The number of carbonyl (C=O) groups excluding carboxylic acids is 1. The Morgan fingerprint density at radius 3 is 2.17 bits per heavy atom. The monoisotopic (exact) mass is 259 g/mol. The van der Waals surface area contributed by atoms with Crippen molar-refractivity contribution in [1.29, 1.82) is 0 Å². The van der Waals surface area contributed by atoms with E-state index >= 15 is 0 Å². The van der Waals surface area contributed by atoms with Gasteiger partial charge in [0, 0.05) is 12.1 Å². The van der Waals surface area contributed by atoms with Gasteiger partial charge in [-0.2, -0.15) is 0 Å². The third-order valence-corrected chi connectivity index (χ3v) is 3.05. The lowest BCUT2D eigenvalue weighted by Gasteiger charge is -2.11. The van der Waals surface area contributed by atoms with Gasteiger partial charge in [0.2, 0.25) is 0 Å². The molecule has 0 heterocycles. The molecule has 0 aromatic heterocycles. The molecule has 0 aliphatic rings. The topological polar surface area (TPSA) is 29.1 Å². The molecule has 3 heteroatoms. The van der Waals surface area contributed by atoms with Gasteiger partial charge in [0.15, 0.2) is 0 Å². The summed E-state index contributed by atoms with van der Waals surface area (Å²) < 4.78 is 0. The average molecular weight is 260 g/mol. The smallest absolute Gasteiger partial charge is 0.251 e. The van der Waals surface area contributed by atoms with E-state index in [1.807, 2.05) is 48.5 Å². The van der Waals surface area contributed by atoms with Crippen LogP contribution < -0.4 is 5.32 Å². The summed E-state index contributed by atoms with van der Waals surface area (Å²) in [4.78, 5) is 11.8. The van der Waals surface area contributed by atoms with Crippen LogP contribution in [0.3, 0.4) is 0 Å². The Bertz CT molecular complexity index is 498. The number of amides is 1. The normalized spacial score (nSPS) is 11.8. The minimum Gasteiger partial charge on any atom is -0.350 e. The quantitative estimate of drug-likeness (QED) is 0.838. The number of halogens is 1. The summed E-state index contributed by atoms with van der Waals surface area (Å²) in [6.45, 7) is 0.416. The van der Waals surface area contributed by atoms with Crippen molar-refractivity contribution >= 4 is 17.5 Å². The number of hydrogen-bond donors (Lipinski definition) is 1. The fraction of sp³-hybridized carbons (Fsp3) is 0.133. The molecule has 0 fully saturated rings. The van der Waals surface area contributed by atoms with E-state index in [0.29, 0.717) is 12.1 Å². The molecule has 0 unspecified atom stereocenters. The molecule has 1 atom stereocenters. The van der Waals surface area contributed by atoms with Crippen LogP contribution >= 0.6 is 11.6 Å². The van der Waals surface area contributed by atoms with Crippen LogP contribution in [0.15, 0.2) is 60.7 Å². The van der Waals surface area contributed by atoms with Gasteiger partial charge in [0.1, 0.15) is 0 Å². The van der Waals surface area contributed by atoms with Crippen LogP contribution in [0.4, 0.5) is 0 Å². The van der Waals surface area contributed by atoms with E-state index in [9.17, 15) is 4.79 Å². The van der Waals surface area contributed by atoms with Gasteiger partial charge in [-0.1, -0.05) is 48.5 Å². The van der Waals surface area contributed by atoms with E-state index < -0.39 is 0 Å². The van der Waals surface area contributed by atoms with Gasteiger partial charge in [0.05, 0.1) is 5.38 Å². The number of alkyl halides is 1. The number of rotatable bonds is 4. The number of nitrogens with one attached hydrogen (secondary N) is 1. The lowest BCUT2D eigenvalue weighted by atomic mass is 10.1. The maximum Gasteiger partial charge on any atom is 0.251 e. The summed E-state index contributed by atoms with van der Waals surface area (Å²) in [6, 6.07) is 18.8. The van der Waals surface area contributed by atoms with E-state index in [1.54, 1.807) is 12.1 Å². The third kappa shape index (κ3) is 3.34. The maximum atomic E-state index is 11.8. The lowest BCUT2D eigenvalue weighted by Crippen LogP contribution is -2.26. The van der Waals surface area contributed by atoms with Crippen molar-refractivity contribution in [2.45, 2.75) is 5.38 Å². The van der Waals surface area contributed by atoms with Gasteiger partial charge < -0.3 is 5.32 Å². The molecule has 2 nitrogen and oxygen atoms in total. The van der Waals surface area contributed by atoms with Crippen LogP contribution in [0.2, 0.25) is 0 Å². The first kappa shape index (κ1) is 12.7. The second-order valence-electron chi connectivity index (χ2n) is 3.95. The molecule has 2 aromatic rings. The Morgan fingerprint density at radius 1 is 1.00 bits per heavy atom. The molecule has 0 spiro atoms. The van der Waals surface area contributed by atoms with Gasteiger partial charge in [-0.3, -0.25) is 4.79 Å². The fourth-order valence-electron chi connectivity index (χ4n) is 1.65. The first-order valence-corrected chi connectivity index (χ1v) is 6.23. The van der Waals surface area contributed by atoms with Gasteiger partial charge >= 0.3 is 0 Å². The Kier molecular flexibility index (Phi) is 4.37. The van der Waals surface area contributed by atoms with Gasteiger partial charge in [-0.25, -0.2) is 0 Å². The first-order valence-electron chi connectivity index (χ1n) is 5.79. The van der Waals surface area contributed by atoms with Crippen molar-refractivity contribution in [3.05, 3.63) is 71.8 Å². The fourth-order valence-corrected chi connectivity index (χ4v) is 1.88. The maximum absolute atomic E-state index is 11.8. The molecule has 0 bridgehead atoms. The molecule has 0 aliphatic carbocycles. The molecule has 1 amide bonds. The van der Waals surface area contributed by atoms with E-state index in [0.717, 1.165) is 5.56 Å². The SMILES string of the molecule is O=C(NC[C@@H](Cl)c1ccccc1)c1ccccc1. The highest BCUT2D eigenvalue weighted by Gasteiger charge is 2.10. The van der Waals surface area contributed by atoms with Gasteiger partial charge in [0.25, 0.3) is 5.91 Å². The van der Waals surface area contributed by atoms with Crippen molar-refractivity contribution in [3.63, 3.8) is 0 Å². The summed E-state index contributed by atoms with van der Waals surface area (Å²) in [5, 5.41) is 2.62. The van der Waals surface area contributed by atoms with Gasteiger partial charge in [-0.05, 0) is 17.7 Å². The summed E-state index contributed by atoms with van der Waals surface area (Å²) >= 11 is 6.22. The third-order valence-electron chi connectivity index (χ3n) is 2.64. The van der Waals surface area contributed by atoms with Crippen molar-refractivity contribution in [1.82, 2.24) is 5.32 Å². The zero-order chi connectivity index (χ0) is 12.8.